The van der Waals surface area contributed by atoms with Crippen molar-refractivity contribution in [2.24, 2.45) is 0 Å². The molecule has 210 valence electrons. The van der Waals surface area contributed by atoms with E-state index >= 15 is 0 Å². The molecule has 1 aromatic carbocycles. The monoisotopic (exact) mass is 544 g/mol. The summed E-state index contributed by atoms with van der Waals surface area (Å²) in [4.78, 5) is 43.2. The highest BCUT2D eigenvalue weighted by Gasteiger charge is 2.36. The van der Waals surface area contributed by atoms with E-state index in [4.69, 9.17) is 9.97 Å². The van der Waals surface area contributed by atoms with Crippen molar-refractivity contribution in [3.05, 3.63) is 52.6 Å². The number of aryl methyl sites for hydroxylation is 2. The van der Waals surface area contributed by atoms with Gasteiger partial charge in [-0.25, -0.2) is 9.97 Å². The first-order chi connectivity index (χ1) is 19.3. The van der Waals surface area contributed by atoms with Gasteiger partial charge in [0.25, 0.3) is 0 Å². The number of benzene rings is 1. The maximum absolute atomic E-state index is 13.2. The fraction of sp³-hybridized carbons (Fsp3) is 0.483. The molecular formula is C29H36N8O3. The van der Waals surface area contributed by atoms with Crippen molar-refractivity contribution in [1.82, 2.24) is 29.7 Å². The minimum absolute atomic E-state index is 0.0285. The van der Waals surface area contributed by atoms with E-state index in [2.05, 4.69) is 53.4 Å². The summed E-state index contributed by atoms with van der Waals surface area (Å²) in [6.45, 7) is 8.08. The average molecular weight is 545 g/mol. The molecule has 0 saturated carbocycles. The van der Waals surface area contributed by atoms with Crippen LogP contribution in [0.3, 0.4) is 0 Å². The van der Waals surface area contributed by atoms with Crippen LogP contribution in [0.25, 0.3) is 5.69 Å². The predicted molar refractivity (Wildman–Crippen MR) is 151 cm³/mol. The van der Waals surface area contributed by atoms with Gasteiger partial charge in [-0.1, -0.05) is 0 Å². The molecule has 0 aliphatic carbocycles. The second kappa shape index (κ2) is 10.5. The van der Waals surface area contributed by atoms with Gasteiger partial charge in [-0.3, -0.25) is 9.59 Å². The SMILES string of the molecule is Cc1cc(-n2cnc(Nc3nc4c(c(N5CCC[C@H]5CO)n3)CN(C(=O)[C@@H]3CCC(=O)N3)CC4)c2)cc(C)c1C. The normalized spacial score (nSPS) is 20.6. The lowest BCUT2D eigenvalue weighted by Gasteiger charge is -2.34. The molecule has 3 N–H and O–H groups in total. The van der Waals surface area contributed by atoms with Gasteiger partial charge < -0.3 is 30.1 Å². The molecule has 0 unspecified atom stereocenters. The summed E-state index contributed by atoms with van der Waals surface area (Å²) in [7, 11) is 0. The van der Waals surface area contributed by atoms with Gasteiger partial charge in [-0.05, 0) is 68.9 Å². The van der Waals surface area contributed by atoms with Crippen LogP contribution in [0.15, 0.2) is 24.7 Å². The number of hydrogen-bond donors (Lipinski definition) is 3. The summed E-state index contributed by atoms with van der Waals surface area (Å²) < 4.78 is 1.98. The first kappa shape index (κ1) is 26.2. The van der Waals surface area contributed by atoms with Crippen LogP contribution in [-0.4, -0.2) is 73.1 Å². The van der Waals surface area contributed by atoms with E-state index < -0.39 is 6.04 Å². The minimum Gasteiger partial charge on any atom is -0.394 e. The Kier molecular flexibility index (Phi) is 6.91. The summed E-state index contributed by atoms with van der Waals surface area (Å²) in [5.74, 6) is 1.69. The van der Waals surface area contributed by atoms with E-state index in [0.717, 1.165) is 42.1 Å². The topological polar surface area (TPSA) is 129 Å². The lowest BCUT2D eigenvalue weighted by molar-refractivity contribution is -0.135. The van der Waals surface area contributed by atoms with Crippen LogP contribution in [-0.2, 0) is 22.6 Å². The van der Waals surface area contributed by atoms with Gasteiger partial charge in [0.05, 0.1) is 31.1 Å². The Labute approximate surface area is 233 Å². The molecule has 3 aliphatic rings. The van der Waals surface area contributed by atoms with Gasteiger partial charge in [-0.15, -0.1) is 0 Å². The lowest BCUT2D eigenvalue weighted by Crippen LogP contribution is -2.47. The third-order valence-electron chi connectivity index (χ3n) is 8.54. The Morgan fingerprint density at radius 2 is 1.93 bits per heavy atom. The molecule has 3 aliphatic heterocycles. The number of nitrogens with one attached hydrogen (secondary N) is 2. The Morgan fingerprint density at radius 1 is 1.12 bits per heavy atom. The standard InChI is InChI=1S/C29H36N8O3/c1-17-11-21(12-18(2)19(17)3)36-14-25(30-16-36)33-29-32-23-8-10-35(28(40)24-6-7-26(39)31-24)13-22(23)27(34-29)37-9-4-5-20(37)15-38/h11-12,14,16,20,24,38H,4-10,13,15H2,1-3H3,(H,31,39)(H,32,33,34)/t20-,24-/m0/s1. The molecule has 2 saturated heterocycles. The number of carbonyl (C=O) groups is 2. The van der Waals surface area contributed by atoms with Gasteiger partial charge in [0.2, 0.25) is 17.8 Å². The fourth-order valence-electron chi connectivity index (χ4n) is 6.01. The van der Waals surface area contributed by atoms with Crippen molar-refractivity contribution in [2.45, 2.75) is 71.5 Å². The van der Waals surface area contributed by atoms with Crippen LogP contribution in [0, 0.1) is 20.8 Å². The van der Waals surface area contributed by atoms with E-state index in [-0.39, 0.29) is 24.5 Å². The second-order valence-corrected chi connectivity index (χ2v) is 11.1. The van der Waals surface area contributed by atoms with Gasteiger partial charge in [0.1, 0.15) is 18.2 Å². The first-order valence-corrected chi connectivity index (χ1v) is 14.1. The van der Waals surface area contributed by atoms with Crippen molar-refractivity contribution in [3.8, 4) is 5.69 Å². The van der Waals surface area contributed by atoms with E-state index in [1.807, 2.05) is 10.8 Å². The predicted octanol–water partition coefficient (Wildman–Crippen LogP) is 2.46. The molecule has 5 heterocycles. The smallest absolute Gasteiger partial charge is 0.245 e. The van der Waals surface area contributed by atoms with Crippen molar-refractivity contribution in [3.63, 3.8) is 0 Å². The van der Waals surface area contributed by atoms with Gasteiger partial charge in [0, 0.05) is 37.2 Å². The van der Waals surface area contributed by atoms with Crippen LogP contribution < -0.4 is 15.5 Å². The summed E-state index contributed by atoms with van der Waals surface area (Å²) in [6.07, 6.45) is 7.04. The fourth-order valence-corrected chi connectivity index (χ4v) is 6.01. The van der Waals surface area contributed by atoms with Gasteiger partial charge in [0.15, 0.2) is 5.82 Å². The maximum Gasteiger partial charge on any atom is 0.245 e. The summed E-state index contributed by atoms with van der Waals surface area (Å²) in [6, 6.07) is 3.80. The Bertz CT molecular complexity index is 1440. The lowest BCUT2D eigenvalue weighted by atomic mass is 10.0. The van der Waals surface area contributed by atoms with E-state index in [1.165, 1.54) is 16.7 Å². The highest BCUT2D eigenvalue weighted by atomic mass is 16.3. The van der Waals surface area contributed by atoms with Crippen molar-refractivity contribution in [2.75, 3.05) is 29.9 Å². The zero-order valence-corrected chi connectivity index (χ0v) is 23.3. The van der Waals surface area contributed by atoms with Crippen LogP contribution in [0.1, 0.15) is 53.6 Å². The number of imidazole rings is 1. The number of aliphatic hydroxyl groups is 1. The molecule has 3 aromatic rings. The zero-order valence-electron chi connectivity index (χ0n) is 23.3. The number of aromatic nitrogens is 4. The number of rotatable bonds is 6. The molecule has 2 amide bonds. The average Bonchev–Trinajstić information content (AvgIpc) is 3.71. The van der Waals surface area contributed by atoms with Crippen molar-refractivity contribution in [1.29, 1.82) is 0 Å². The molecular weight excluding hydrogens is 508 g/mol. The van der Waals surface area contributed by atoms with Crippen LogP contribution in [0.5, 0.6) is 0 Å². The number of fused-ring (bicyclic) bond motifs is 1. The number of nitrogens with zero attached hydrogens (tertiary/aromatic N) is 6. The Morgan fingerprint density at radius 3 is 2.65 bits per heavy atom. The second-order valence-electron chi connectivity index (χ2n) is 11.1. The van der Waals surface area contributed by atoms with E-state index in [1.54, 1.807) is 11.2 Å². The third kappa shape index (κ3) is 4.90. The summed E-state index contributed by atoms with van der Waals surface area (Å²) in [5, 5.41) is 16.2. The Hall–Kier alpha value is -3.99. The highest BCUT2D eigenvalue weighted by Crippen LogP contribution is 2.33. The molecule has 0 spiro atoms. The van der Waals surface area contributed by atoms with Gasteiger partial charge >= 0.3 is 0 Å². The maximum atomic E-state index is 13.2. The minimum atomic E-state index is -0.465. The molecule has 2 atom stereocenters. The quantitative estimate of drug-likeness (QED) is 0.432. The van der Waals surface area contributed by atoms with Crippen molar-refractivity contribution >= 4 is 29.4 Å². The van der Waals surface area contributed by atoms with E-state index in [0.29, 0.717) is 44.1 Å². The number of hydrogen-bond acceptors (Lipinski definition) is 8. The molecule has 0 bridgehead atoms. The van der Waals surface area contributed by atoms with Gasteiger partial charge in [-0.2, -0.15) is 4.98 Å². The number of aliphatic hydroxyl groups excluding tert-OH is 1. The summed E-state index contributed by atoms with van der Waals surface area (Å²) >= 11 is 0. The van der Waals surface area contributed by atoms with Crippen LogP contribution in [0.2, 0.25) is 0 Å². The van der Waals surface area contributed by atoms with Crippen molar-refractivity contribution < 1.29 is 14.7 Å². The molecule has 40 heavy (non-hydrogen) atoms. The first-order valence-electron chi connectivity index (χ1n) is 14.1. The molecule has 0 radical (unpaired) electrons. The zero-order chi connectivity index (χ0) is 28.0. The third-order valence-corrected chi connectivity index (χ3v) is 8.54. The number of amides is 2. The largest absolute Gasteiger partial charge is 0.394 e. The molecule has 2 aromatic heterocycles. The van der Waals surface area contributed by atoms with Crippen LogP contribution in [0.4, 0.5) is 17.6 Å². The highest BCUT2D eigenvalue weighted by molar-refractivity contribution is 5.91. The summed E-state index contributed by atoms with van der Waals surface area (Å²) in [5.41, 5.74) is 6.58. The number of anilines is 3. The van der Waals surface area contributed by atoms with Crippen LogP contribution >= 0.6 is 0 Å². The van der Waals surface area contributed by atoms with E-state index in [9.17, 15) is 14.7 Å². The molecule has 11 nitrogen and oxygen atoms in total. The number of carbonyl (C=O) groups excluding carboxylic acids is 2. The Balaban J connectivity index is 1.29. The molecule has 6 rings (SSSR count). The molecule has 11 heteroatoms. The molecule has 2 fully saturated rings.